The second kappa shape index (κ2) is 6.68. The molecule has 6 heteroatoms. The van der Waals surface area contributed by atoms with Crippen LogP contribution in [0.5, 0.6) is 0 Å². The molecule has 0 aliphatic carbocycles. The fourth-order valence-corrected chi connectivity index (χ4v) is 1.80. The molecule has 0 radical (unpaired) electrons. The molecular weight excluding hydrogens is 268 g/mol. The first-order valence-electron chi connectivity index (χ1n) is 6.55. The molecule has 0 fully saturated rings. The van der Waals surface area contributed by atoms with E-state index in [2.05, 4.69) is 27.2 Å². The zero-order valence-corrected chi connectivity index (χ0v) is 11.9. The van der Waals surface area contributed by atoms with E-state index in [0.29, 0.717) is 17.2 Å². The second-order valence-corrected chi connectivity index (χ2v) is 4.32. The molecule has 0 atom stereocenters. The molecule has 2 rings (SSSR count). The van der Waals surface area contributed by atoms with Gasteiger partial charge >= 0.3 is 0 Å². The Morgan fingerprint density at radius 1 is 1.48 bits per heavy atom. The predicted molar refractivity (Wildman–Crippen MR) is 78.7 cm³/mol. The van der Waals surface area contributed by atoms with Gasteiger partial charge < -0.3 is 10.4 Å². The summed E-state index contributed by atoms with van der Waals surface area (Å²) in [4.78, 5) is 16.4. The van der Waals surface area contributed by atoms with Crippen molar-refractivity contribution in [1.82, 2.24) is 14.8 Å². The van der Waals surface area contributed by atoms with E-state index in [0.717, 1.165) is 12.1 Å². The van der Waals surface area contributed by atoms with Gasteiger partial charge in [-0.05, 0) is 30.5 Å². The Hall–Kier alpha value is -2.65. The quantitative estimate of drug-likeness (QED) is 0.823. The van der Waals surface area contributed by atoms with E-state index in [4.69, 9.17) is 5.11 Å². The van der Waals surface area contributed by atoms with Crippen LogP contribution in [0.2, 0.25) is 0 Å². The number of aliphatic hydroxyl groups is 1. The lowest BCUT2D eigenvalue weighted by molar-refractivity contribution is 0.101. The second-order valence-electron chi connectivity index (χ2n) is 4.32. The van der Waals surface area contributed by atoms with Gasteiger partial charge in [0.1, 0.15) is 23.8 Å². The maximum Gasteiger partial charge on any atom is 0.275 e. The number of amides is 1. The molecule has 108 valence electrons. The van der Waals surface area contributed by atoms with Crippen molar-refractivity contribution in [2.24, 2.45) is 7.05 Å². The molecule has 1 amide bonds. The molecule has 0 saturated heterocycles. The third-order valence-corrected chi connectivity index (χ3v) is 2.81. The molecular formula is C15H16N4O2. The summed E-state index contributed by atoms with van der Waals surface area (Å²) in [5.74, 6) is 5.34. The molecule has 2 aromatic rings. The summed E-state index contributed by atoms with van der Waals surface area (Å²) in [5, 5.41) is 15.6. The van der Waals surface area contributed by atoms with Gasteiger partial charge in [0.2, 0.25) is 0 Å². The van der Waals surface area contributed by atoms with Gasteiger partial charge in [0.15, 0.2) is 0 Å². The third kappa shape index (κ3) is 3.68. The number of carbonyl (C=O) groups is 1. The minimum absolute atomic E-state index is 0.229. The maximum atomic E-state index is 12.2. The summed E-state index contributed by atoms with van der Waals surface area (Å²) < 4.78 is 1.55. The summed E-state index contributed by atoms with van der Waals surface area (Å²) in [5.41, 5.74) is 1.82. The lowest BCUT2D eigenvalue weighted by atomic mass is 10.3. The standard InChI is InChI=1S/C15H16N4O2/c1-3-11-10-13(19(2)18-11)15(21)17-14-8-4-6-12(16-14)7-5-9-20/h4,6,8,10,20H,3,9H2,1-2H3,(H,16,17,21). The average Bonchev–Trinajstić information content (AvgIpc) is 2.87. The maximum absolute atomic E-state index is 12.2. The molecule has 0 unspecified atom stereocenters. The molecule has 21 heavy (non-hydrogen) atoms. The van der Waals surface area contributed by atoms with Crippen molar-refractivity contribution in [1.29, 1.82) is 0 Å². The van der Waals surface area contributed by atoms with Crippen LogP contribution >= 0.6 is 0 Å². The van der Waals surface area contributed by atoms with E-state index >= 15 is 0 Å². The molecule has 0 aliphatic rings. The predicted octanol–water partition coefficient (Wildman–Crippen LogP) is 0.974. The van der Waals surface area contributed by atoms with E-state index in [9.17, 15) is 4.79 Å². The van der Waals surface area contributed by atoms with Crippen LogP contribution in [-0.4, -0.2) is 32.4 Å². The van der Waals surface area contributed by atoms with Gasteiger partial charge in [0.25, 0.3) is 5.91 Å². The van der Waals surface area contributed by atoms with Gasteiger partial charge in [-0.1, -0.05) is 18.9 Å². The van der Waals surface area contributed by atoms with Crippen LogP contribution in [0.1, 0.15) is 28.8 Å². The van der Waals surface area contributed by atoms with Gasteiger partial charge in [-0.25, -0.2) is 4.98 Å². The summed E-state index contributed by atoms with van der Waals surface area (Å²) in [6.45, 7) is 1.75. The number of aliphatic hydroxyl groups excluding tert-OH is 1. The highest BCUT2D eigenvalue weighted by atomic mass is 16.2. The Kier molecular flexibility index (Phi) is 4.69. The number of hydrogen-bond acceptors (Lipinski definition) is 4. The topological polar surface area (TPSA) is 80.0 Å². The number of aromatic nitrogens is 3. The fraction of sp³-hybridized carbons (Fsp3) is 0.267. The molecule has 0 bridgehead atoms. The van der Waals surface area contributed by atoms with Gasteiger partial charge in [0, 0.05) is 7.05 Å². The van der Waals surface area contributed by atoms with Crippen molar-refractivity contribution in [2.45, 2.75) is 13.3 Å². The van der Waals surface area contributed by atoms with Crippen LogP contribution < -0.4 is 5.32 Å². The highest BCUT2D eigenvalue weighted by Crippen LogP contribution is 2.09. The van der Waals surface area contributed by atoms with Gasteiger partial charge in [-0.2, -0.15) is 5.10 Å². The zero-order valence-electron chi connectivity index (χ0n) is 11.9. The molecule has 0 spiro atoms. The highest BCUT2D eigenvalue weighted by Gasteiger charge is 2.13. The normalized spacial score (nSPS) is 9.86. The Labute approximate surface area is 122 Å². The SMILES string of the molecule is CCc1cc(C(=O)Nc2cccc(C#CCO)n2)n(C)n1. The van der Waals surface area contributed by atoms with Crippen LogP contribution in [0.15, 0.2) is 24.3 Å². The van der Waals surface area contributed by atoms with E-state index in [1.54, 1.807) is 36.0 Å². The number of anilines is 1. The van der Waals surface area contributed by atoms with Gasteiger partial charge in [0.05, 0.1) is 5.69 Å². The van der Waals surface area contributed by atoms with Crippen molar-refractivity contribution >= 4 is 11.7 Å². The Morgan fingerprint density at radius 3 is 2.95 bits per heavy atom. The Morgan fingerprint density at radius 2 is 2.29 bits per heavy atom. The molecule has 2 aromatic heterocycles. The Bertz CT molecular complexity index is 710. The molecule has 0 aliphatic heterocycles. The summed E-state index contributed by atoms with van der Waals surface area (Å²) in [7, 11) is 1.73. The molecule has 0 saturated carbocycles. The summed E-state index contributed by atoms with van der Waals surface area (Å²) >= 11 is 0. The number of hydrogen-bond donors (Lipinski definition) is 2. The summed E-state index contributed by atoms with van der Waals surface area (Å²) in [6.07, 6.45) is 0.769. The van der Waals surface area contributed by atoms with Crippen molar-refractivity contribution in [3.63, 3.8) is 0 Å². The first-order chi connectivity index (χ1) is 10.1. The van der Waals surface area contributed by atoms with Crippen molar-refractivity contribution in [3.05, 3.63) is 41.3 Å². The van der Waals surface area contributed by atoms with Crippen LogP contribution in [0.25, 0.3) is 0 Å². The first kappa shape index (κ1) is 14.8. The lowest BCUT2D eigenvalue weighted by Gasteiger charge is -2.04. The monoisotopic (exact) mass is 284 g/mol. The smallest absolute Gasteiger partial charge is 0.275 e. The van der Waals surface area contributed by atoms with E-state index in [1.807, 2.05) is 6.92 Å². The lowest BCUT2D eigenvalue weighted by Crippen LogP contribution is -2.16. The van der Waals surface area contributed by atoms with E-state index < -0.39 is 0 Å². The fourth-order valence-electron chi connectivity index (χ4n) is 1.80. The average molecular weight is 284 g/mol. The Balaban J connectivity index is 2.17. The number of aryl methyl sites for hydroxylation is 2. The molecule has 2 N–H and O–H groups in total. The highest BCUT2D eigenvalue weighted by molar-refractivity contribution is 6.02. The van der Waals surface area contributed by atoms with Crippen LogP contribution in [-0.2, 0) is 13.5 Å². The summed E-state index contributed by atoms with van der Waals surface area (Å²) in [6, 6.07) is 6.88. The number of pyridine rings is 1. The number of nitrogens with zero attached hydrogens (tertiary/aromatic N) is 3. The molecule has 6 nitrogen and oxygen atoms in total. The van der Waals surface area contributed by atoms with Crippen molar-refractivity contribution < 1.29 is 9.90 Å². The van der Waals surface area contributed by atoms with E-state index in [-0.39, 0.29) is 12.5 Å². The van der Waals surface area contributed by atoms with Crippen LogP contribution in [0.3, 0.4) is 0 Å². The minimum Gasteiger partial charge on any atom is -0.384 e. The van der Waals surface area contributed by atoms with Crippen LogP contribution in [0, 0.1) is 11.8 Å². The molecule has 0 aromatic carbocycles. The zero-order chi connectivity index (χ0) is 15.2. The number of rotatable bonds is 3. The van der Waals surface area contributed by atoms with Crippen LogP contribution in [0.4, 0.5) is 5.82 Å². The number of carbonyl (C=O) groups excluding carboxylic acids is 1. The van der Waals surface area contributed by atoms with E-state index in [1.165, 1.54) is 0 Å². The minimum atomic E-state index is -0.274. The first-order valence-corrected chi connectivity index (χ1v) is 6.55. The number of nitrogens with one attached hydrogen (secondary N) is 1. The largest absolute Gasteiger partial charge is 0.384 e. The van der Waals surface area contributed by atoms with Crippen molar-refractivity contribution in [2.75, 3.05) is 11.9 Å². The molecule has 2 heterocycles. The van der Waals surface area contributed by atoms with Gasteiger partial charge in [-0.3, -0.25) is 9.48 Å². The van der Waals surface area contributed by atoms with Gasteiger partial charge in [-0.15, -0.1) is 0 Å². The third-order valence-electron chi connectivity index (χ3n) is 2.81. The van der Waals surface area contributed by atoms with Crippen molar-refractivity contribution in [3.8, 4) is 11.8 Å².